The molecule has 0 amide bonds. The molecule has 0 radical (unpaired) electrons. The number of likely N-dealkylation sites (N-methyl/N-ethyl adjacent to an activating group) is 1. The molecule has 1 saturated carbocycles. The number of ether oxygens (including phenoxy) is 1. The molecule has 1 N–H and O–H groups in total. The number of carbonyl (C=O) groups excluding carboxylic acids is 1. The molecule has 1 aliphatic carbocycles. The van der Waals surface area contributed by atoms with Crippen molar-refractivity contribution in [2.45, 2.75) is 68.7 Å². The quantitative estimate of drug-likeness (QED) is 0.675. The number of hydrogen-bond donors (Lipinski definition) is 1. The van der Waals surface area contributed by atoms with Gasteiger partial charge in [0.1, 0.15) is 6.04 Å². The van der Waals surface area contributed by atoms with E-state index in [1.54, 1.807) is 0 Å². The number of quaternary nitrogens is 1. The molecule has 1 unspecified atom stereocenters. The zero-order chi connectivity index (χ0) is 17.7. The van der Waals surface area contributed by atoms with Crippen LogP contribution in [0.2, 0.25) is 0 Å². The normalized spacial score (nSPS) is 33.3. The molecular formula is C21H30NO3+. The standard InChI is InChI=1S/C21H30NO3/c1-22(2)17-12-13-18(22)19(14-17)25-20(23)21(24,16-10-6-7-11-16)15-8-4-3-5-9-15/h3-5,8-9,16-19,24H,6-7,10-14H2,1-2H3/q+1/t17?,18-,19-,21+/m0/s1. The Hall–Kier alpha value is -1.39. The fraction of sp³-hybridized carbons (Fsp3) is 0.667. The summed E-state index contributed by atoms with van der Waals surface area (Å²) < 4.78 is 6.96. The monoisotopic (exact) mass is 344 g/mol. The van der Waals surface area contributed by atoms with Crippen LogP contribution in [0.4, 0.5) is 0 Å². The maximum absolute atomic E-state index is 13.2. The highest BCUT2D eigenvalue weighted by Crippen LogP contribution is 2.46. The molecule has 25 heavy (non-hydrogen) atoms. The summed E-state index contributed by atoms with van der Waals surface area (Å²) in [5.41, 5.74) is -0.819. The first-order valence-corrected chi connectivity index (χ1v) is 9.76. The minimum absolute atomic E-state index is 0.0384. The second kappa shape index (κ2) is 6.10. The predicted molar refractivity (Wildman–Crippen MR) is 95.7 cm³/mol. The van der Waals surface area contributed by atoms with Crippen LogP contribution >= 0.6 is 0 Å². The van der Waals surface area contributed by atoms with Gasteiger partial charge in [-0.2, -0.15) is 0 Å². The van der Waals surface area contributed by atoms with E-state index < -0.39 is 11.6 Å². The Labute approximate surface area is 150 Å². The van der Waals surface area contributed by atoms with Crippen LogP contribution in [0.25, 0.3) is 0 Å². The lowest BCUT2D eigenvalue weighted by atomic mass is 9.80. The van der Waals surface area contributed by atoms with Crippen molar-refractivity contribution in [1.29, 1.82) is 0 Å². The lowest BCUT2D eigenvalue weighted by molar-refractivity contribution is -0.913. The fourth-order valence-electron chi connectivity index (χ4n) is 5.64. The average Bonchev–Trinajstić information content (AvgIpc) is 3.30. The topological polar surface area (TPSA) is 46.5 Å². The Morgan fingerprint density at radius 1 is 1.12 bits per heavy atom. The Morgan fingerprint density at radius 3 is 2.36 bits per heavy atom. The maximum atomic E-state index is 13.2. The molecule has 2 saturated heterocycles. The lowest BCUT2D eigenvalue weighted by Crippen LogP contribution is -2.49. The summed E-state index contributed by atoms with van der Waals surface area (Å²) in [4.78, 5) is 13.2. The Balaban J connectivity index is 1.59. The average molecular weight is 344 g/mol. The molecule has 4 heteroatoms. The molecule has 4 rings (SSSR count). The van der Waals surface area contributed by atoms with Crippen molar-refractivity contribution < 1.29 is 19.1 Å². The van der Waals surface area contributed by atoms with E-state index in [1.807, 2.05) is 30.3 Å². The number of aliphatic hydroxyl groups is 1. The molecule has 1 aromatic rings. The van der Waals surface area contributed by atoms with Crippen molar-refractivity contribution >= 4 is 5.97 Å². The lowest BCUT2D eigenvalue weighted by Gasteiger charge is -2.35. The molecule has 2 aliphatic heterocycles. The molecule has 4 atom stereocenters. The van der Waals surface area contributed by atoms with Crippen molar-refractivity contribution in [3.63, 3.8) is 0 Å². The number of benzene rings is 1. The summed E-state index contributed by atoms with van der Waals surface area (Å²) in [7, 11) is 4.49. The van der Waals surface area contributed by atoms with Crippen LogP contribution in [-0.4, -0.2) is 47.8 Å². The molecule has 136 valence electrons. The number of nitrogens with zero attached hydrogens (tertiary/aromatic N) is 1. The van der Waals surface area contributed by atoms with Gasteiger partial charge in [-0.25, -0.2) is 4.79 Å². The van der Waals surface area contributed by atoms with Gasteiger partial charge in [0.15, 0.2) is 11.7 Å². The third kappa shape index (κ3) is 2.61. The largest absolute Gasteiger partial charge is 0.453 e. The highest BCUT2D eigenvalue weighted by atomic mass is 16.6. The summed E-state index contributed by atoms with van der Waals surface area (Å²) in [6.45, 7) is 0. The van der Waals surface area contributed by atoms with E-state index in [0.29, 0.717) is 17.6 Å². The smallest absolute Gasteiger partial charge is 0.343 e. The van der Waals surface area contributed by atoms with Crippen LogP contribution in [0, 0.1) is 5.92 Å². The Kier molecular flexibility index (Phi) is 4.16. The van der Waals surface area contributed by atoms with Crippen molar-refractivity contribution in [3.8, 4) is 0 Å². The second-order valence-electron chi connectivity index (χ2n) is 8.72. The van der Waals surface area contributed by atoms with Gasteiger partial charge < -0.3 is 14.3 Å². The maximum Gasteiger partial charge on any atom is 0.343 e. The summed E-state index contributed by atoms with van der Waals surface area (Å²) in [6.07, 6.45) is 7.13. The van der Waals surface area contributed by atoms with E-state index in [-0.39, 0.29) is 12.0 Å². The molecule has 0 aromatic heterocycles. The highest BCUT2D eigenvalue weighted by Gasteiger charge is 2.58. The summed E-state index contributed by atoms with van der Waals surface area (Å²) in [5.74, 6) is -0.466. The molecule has 2 heterocycles. The Morgan fingerprint density at radius 2 is 1.80 bits per heavy atom. The van der Waals surface area contributed by atoms with Crippen LogP contribution < -0.4 is 0 Å². The first kappa shape index (κ1) is 17.0. The van der Waals surface area contributed by atoms with E-state index in [0.717, 1.165) is 43.0 Å². The Bertz CT molecular complexity index is 638. The van der Waals surface area contributed by atoms with Crippen LogP contribution in [0.15, 0.2) is 30.3 Å². The molecule has 1 aromatic carbocycles. The van der Waals surface area contributed by atoms with Gasteiger partial charge >= 0.3 is 5.97 Å². The van der Waals surface area contributed by atoms with Gasteiger partial charge in [0.25, 0.3) is 0 Å². The molecule has 0 spiro atoms. The summed E-state index contributed by atoms with van der Waals surface area (Å²) >= 11 is 0. The molecule has 3 aliphatic rings. The van der Waals surface area contributed by atoms with Crippen molar-refractivity contribution in [2.75, 3.05) is 14.1 Å². The van der Waals surface area contributed by atoms with Gasteiger partial charge in [0.05, 0.1) is 20.1 Å². The van der Waals surface area contributed by atoms with Gasteiger partial charge in [-0.3, -0.25) is 0 Å². The van der Waals surface area contributed by atoms with Crippen LogP contribution in [0.1, 0.15) is 50.5 Å². The van der Waals surface area contributed by atoms with Gasteiger partial charge in [-0.05, 0) is 18.4 Å². The third-order valence-corrected chi connectivity index (χ3v) is 7.25. The van der Waals surface area contributed by atoms with Crippen LogP contribution in [-0.2, 0) is 15.1 Å². The zero-order valence-corrected chi connectivity index (χ0v) is 15.4. The van der Waals surface area contributed by atoms with E-state index in [2.05, 4.69) is 14.1 Å². The number of carbonyl (C=O) groups is 1. The SMILES string of the molecule is C[N+]1(C)C2CC[C@H]1[C@@H](OC(=O)[C@@](O)(c1ccccc1)C1CCCC1)C2. The van der Waals surface area contributed by atoms with Crippen LogP contribution in [0.5, 0.6) is 0 Å². The molecule has 2 bridgehead atoms. The number of fused-ring (bicyclic) bond motifs is 2. The van der Waals surface area contributed by atoms with Gasteiger partial charge in [0.2, 0.25) is 0 Å². The molecule has 3 fully saturated rings. The summed E-state index contributed by atoms with van der Waals surface area (Å²) in [6, 6.07) is 10.4. The number of hydrogen-bond acceptors (Lipinski definition) is 3. The van der Waals surface area contributed by atoms with Gasteiger partial charge in [-0.1, -0.05) is 43.2 Å². The minimum atomic E-state index is -1.50. The predicted octanol–water partition coefficient (Wildman–Crippen LogP) is 2.99. The summed E-state index contributed by atoms with van der Waals surface area (Å²) in [5, 5.41) is 11.5. The third-order valence-electron chi connectivity index (χ3n) is 7.25. The van der Waals surface area contributed by atoms with E-state index in [1.165, 1.54) is 6.42 Å². The van der Waals surface area contributed by atoms with Crippen LogP contribution in [0.3, 0.4) is 0 Å². The van der Waals surface area contributed by atoms with Crippen molar-refractivity contribution in [1.82, 2.24) is 0 Å². The van der Waals surface area contributed by atoms with Crippen molar-refractivity contribution in [3.05, 3.63) is 35.9 Å². The van der Waals surface area contributed by atoms with E-state index >= 15 is 0 Å². The van der Waals surface area contributed by atoms with Gasteiger partial charge in [0, 0.05) is 25.2 Å². The highest BCUT2D eigenvalue weighted by molar-refractivity contribution is 5.82. The van der Waals surface area contributed by atoms with E-state index in [4.69, 9.17) is 4.74 Å². The van der Waals surface area contributed by atoms with E-state index in [9.17, 15) is 9.90 Å². The van der Waals surface area contributed by atoms with Crippen molar-refractivity contribution in [2.24, 2.45) is 5.92 Å². The van der Waals surface area contributed by atoms with Gasteiger partial charge in [-0.15, -0.1) is 0 Å². The molecule has 4 nitrogen and oxygen atoms in total. The number of esters is 1. The second-order valence-corrected chi connectivity index (χ2v) is 8.72. The minimum Gasteiger partial charge on any atom is -0.453 e. The zero-order valence-electron chi connectivity index (χ0n) is 15.4. The fourth-order valence-corrected chi connectivity index (χ4v) is 5.64. The first-order valence-electron chi connectivity index (χ1n) is 9.76. The number of rotatable bonds is 4. The first-order chi connectivity index (χ1) is 11.9. The molecular weight excluding hydrogens is 314 g/mol.